The van der Waals surface area contributed by atoms with Gasteiger partial charge in [-0.25, -0.2) is 4.39 Å². The first kappa shape index (κ1) is 18.6. The number of hydrogen-bond acceptors (Lipinski definition) is 5. The number of nitrogens with zero attached hydrogens (tertiary/aromatic N) is 1. The van der Waals surface area contributed by atoms with Crippen molar-refractivity contribution in [3.8, 4) is 0 Å². The number of carbonyl (C=O) groups excluding carboxylic acids is 3. The van der Waals surface area contributed by atoms with Crippen LogP contribution in [0.3, 0.4) is 0 Å². The number of halogens is 1. The number of thiophene rings is 1. The fourth-order valence-electron chi connectivity index (χ4n) is 1.94. The molecule has 8 heteroatoms. The third-order valence-electron chi connectivity index (χ3n) is 3.29. The first-order chi connectivity index (χ1) is 12.0. The molecule has 0 spiro atoms. The highest BCUT2D eigenvalue weighted by Gasteiger charge is 2.15. The summed E-state index contributed by atoms with van der Waals surface area (Å²) in [5.74, 6) is -2.54. The van der Waals surface area contributed by atoms with Crippen molar-refractivity contribution < 1.29 is 23.5 Å². The van der Waals surface area contributed by atoms with Gasteiger partial charge >= 0.3 is 5.97 Å². The van der Waals surface area contributed by atoms with E-state index in [9.17, 15) is 18.8 Å². The van der Waals surface area contributed by atoms with Crippen LogP contribution in [0.4, 0.5) is 4.39 Å². The molecule has 0 radical (unpaired) electrons. The predicted molar refractivity (Wildman–Crippen MR) is 90.5 cm³/mol. The van der Waals surface area contributed by atoms with Crippen LogP contribution in [0.1, 0.15) is 15.9 Å². The SMILES string of the molecule is CN(Cc1ccsc1)C(=O)COC(=O)CNC(=O)c1ccccc1F. The van der Waals surface area contributed by atoms with E-state index in [0.29, 0.717) is 6.54 Å². The Morgan fingerprint density at radius 2 is 2.00 bits per heavy atom. The molecule has 132 valence electrons. The van der Waals surface area contributed by atoms with Crippen molar-refractivity contribution in [1.29, 1.82) is 0 Å². The quantitative estimate of drug-likeness (QED) is 0.761. The number of rotatable bonds is 7. The maximum atomic E-state index is 13.4. The first-order valence-electron chi connectivity index (χ1n) is 7.40. The summed E-state index contributed by atoms with van der Waals surface area (Å²) in [6.45, 7) is -0.451. The van der Waals surface area contributed by atoms with Crippen molar-refractivity contribution in [3.05, 3.63) is 58.0 Å². The molecule has 0 atom stereocenters. The number of nitrogens with one attached hydrogen (secondary N) is 1. The number of ether oxygens (including phenoxy) is 1. The van der Waals surface area contributed by atoms with Gasteiger partial charge in [0.25, 0.3) is 11.8 Å². The van der Waals surface area contributed by atoms with Crippen LogP contribution in [0.5, 0.6) is 0 Å². The number of hydrogen-bond donors (Lipinski definition) is 1. The van der Waals surface area contributed by atoms with E-state index in [4.69, 9.17) is 4.74 Å². The molecule has 2 aromatic rings. The van der Waals surface area contributed by atoms with E-state index in [1.54, 1.807) is 7.05 Å². The molecule has 25 heavy (non-hydrogen) atoms. The maximum absolute atomic E-state index is 13.4. The van der Waals surface area contributed by atoms with Crippen LogP contribution in [-0.4, -0.2) is 42.9 Å². The number of esters is 1. The third kappa shape index (κ3) is 5.68. The van der Waals surface area contributed by atoms with E-state index in [2.05, 4.69) is 5.32 Å². The smallest absolute Gasteiger partial charge is 0.325 e. The molecule has 0 bridgehead atoms. The summed E-state index contributed by atoms with van der Waals surface area (Å²) in [6.07, 6.45) is 0. The van der Waals surface area contributed by atoms with Gasteiger partial charge in [0.1, 0.15) is 12.4 Å². The summed E-state index contributed by atoms with van der Waals surface area (Å²) in [4.78, 5) is 36.7. The van der Waals surface area contributed by atoms with Gasteiger partial charge in [0.15, 0.2) is 6.61 Å². The van der Waals surface area contributed by atoms with E-state index < -0.39 is 30.8 Å². The summed E-state index contributed by atoms with van der Waals surface area (Å²) >= 11 is 1.53. The largest absolute Gasteiger partial charge is 0.454 e. The Balaban J connectivity index is 1.72. The summed E-state index contributed by atoms with van der Waals surface area (Å²) in [7, 11) is 1.60. The molecule has 0 aliphatic rings. The molecule has 2 rings (SSSR count). The lowest BCUT2D eigenvalue weighted by Crippen LogP contribution is -2.34. The molecule has 0 unspecified atom stereocenters. The van der Waals surface area contributed by atoms with Gasteiger partial charge in [0, 0.05) is 13.6 Å². The minimum Gasteiger partial charge on any atom is -0.454 e. The van der Waals surface area contributed by atoms with Crippen LogP contribution in [0.15, 0.2) is 41.1 Å². The minimum atomic E-state index is -0.776. The van der Waals surface area contributed by atoms with Gasteiger partial charge in [-0.1, -0.05) is 12.1 Å². The van der Waals surface area contributed by atoms with E-state index >= 15 is 0 Å². The van der Waals surface area contributed by atoms with E-state index in [1.807, 2.05) is 16.8 Å². The molecule has 0 saturated heterocycles. The van der Waals surface area contributed by atoms with Crippen LogP contribution < -0.4 is 5.32 Å². The van der Waals surface area contributed by atoms with Crippen LogP contribution in [0, 0.1) is 5.82 Å². The fraction of sp³-hybridized carbons (Fsp3) is 0.235. The zero-order valence-corrected chi connectivity index (χ0v) is 14.3. The Morgan fingerprint density at radius 1 is 1.24 bits per heavy atom. The third-order valence-corrected chi connectivity index (χ3v) is 4.03. The van der Waals surface area contributed by atoms with Crippen molar-refractivity contribution in [2.24, 2.45) is 0 Å². The summed E-state index contributed by atoms with van der Waals surface area (Å²) in [5.41, 5.74) is 0.825. The molecule has 0 aliphatic heterocycles. The topological polar surface area (TPSA) is 75.7 Å². The van der Waals surface area contributed by atoms with Crippen LogP contribution in [-0.2, 0) is 20.9 Å². The van der Waals surface area contributed by atoms with Gasteiger partial charge in [0.05, 0.1) is 5.56 Å². The molecule has 6 nitrogen and oxygen atoms in total. The Bertz CT molecular complexity index is 749. The monoisotopic (exact) mass is 364 g/mol. The molecule has 1 aromatic carbocycles. The molecule has 0 aliphatic carbocycles. The van der Waals surface area contributed by atoms with Crippen molar-refractivity contribution >= 4 is 29.1 Å². The zero-order chi connectivity index (χ0) is 18.2. The van der Waals surface area contributed by atoms with Crippen molar-refractivity contribution in [1.82, 2.24) is 10.2 Å². The highest BCUT2D eigenvalue weighted by molar-refractivity contribution is 7.07. The highest BCUT2D eigenvalue weighted by Crippen LogP contribution is 2.08. The van der Waals surface area contributed by atoms with Crippen LogP contribution in [0.25, 0.3) is 0 Å². The maximum Gasteiger partial charge on any atom is 0.325 e. The lowest BCUT2D eigenvalue weighted by atomic mass is 10.2. The van der Waals surface area contributed by atoms with Gasteiger partial charge in [0.2, 0.25) is 0 Å². The van der Waals surface area contributed by atoms with Crippen molar-refractivity contribution in [2.75, 3.05) is 20.2 Å². The summed E-state index contributed by atoms with van der Waals surface area (Å²) in [6, 6.07) is 7.32. The molecular formula is C17H17FN2O4S. The Kier molecular flexibility index (Phi) is 6.64. The lowest BCUT2D eigenvalue weighted by molar-refractivity contribution is -0.150. The average molecular weight is 364 g/mol. The second-order valence-corrected chi connectivity index (χ2v) is 5.98. The van der Waals surface area contributed by atoms with Gasteiger partial charge in [-0.05, 0) is 34.5 Å². The number of amides is 2. The molecule has 1 aromatic heterocycles. The van der Waals surface area contributed by atoms with Crippen LogP contribution in [0.2, 0.25) is 0 Å². The standard InChI is InChI=1S/C17H17FN2O4S/c1-20(9-12-6-7-25-11-12)15(21)10-24-16(22)8-19-17(23)13-4-2-3-5-14(13)18/h2-7,11H,8-10H2,1H3,(H,19,23). The van der Waals surface area contributed by atoms with Gasteiger partial charge in [-0.3, -0.25) is 14.4 Å². The number of benzene rings is 1. The summed E-state index contributed by atoms with van der Waals surface area (Å²) in [5, 5.41) is 6.09. The Morgan fingerprint density at radius 3 is 2.68 bits per heavy atom. The molecule has 0 fully saturated rings. The van der Waals surface area contributed by atoms with Gasteiger partial charge < -0.3 is 15.0 Å². The Labute approximate surface area is 148 Å². The lowest BCUT2D eigenvalue weighted by Gasteiger charge is -2.16. The zero-order valence-electron chi connectivity index (χ0n) is 13.5. The second kappa shape index (κ2) is 8.93. The fourth-order valence-corrected chi connectivity index (χ4v) is 2.60. The number of carbonyl (C=O) groups is 3. The van der Waals surface area contributed by atoms with E-state index in [1.165, 1.54) is 34.4 Å². The van der Waals surface area contributed by atoms with Crippen molar-refractivity contribution in [3.63, 3.8) is 0 Å². The van der Waals surface area contributed by atoms with E-state index in [0.717, 1.165) is 11.6 Å². The molecular weight excluding hydrogens is 347 g/mol. The predicted octanol–water partition coefficient (Wildman–Crippen LogP) is 1.82. The minimum absolute atomic E-state index is 0.165. The molecule has 0 saturated carbocycles. The van der Waals surface area contributed by atoms with E-state index in [-0.39, 0.29) is 11.5 Å². The molecule has 1 heterocycles. The van der Waals surface area contributed by atoms with Crippen molar-refractivity contribution in [2.45, 2.75) is 6.54 Å². The molecule has 2 amide bonds. The summed E-state index contributed by atoms with van der Waals surface area (Å²) < 4.78 is 18.3. The molecule has 1 N–H and O–H groups in total. The highest BCUT2D eigenvalue weighted by atomic mass is 32.1. The average Bonchev–Trinajstić information content (AvgIpc) is 3.10. The second-order valence-electron chi connectivity index (χ2n) is 5.20. The van der Waals surface area contributed by atoms with Gasteiger partial charge in [-0.2, -0.15) is 11.3 Å². The van der Waals surface area contributed by atoms with Gasteiger partial charge in [-0.15, -0.1) is 0 Å². The Hall–Kier alpha value is -2.74. The first-order valence-corrected chi connectivity index (χ1v) is 8.35. The normalized spacial score (nSPS) is 10.2. The van der Waals surface area contributed by atoms with Crippen LogP contribution >= 0.6 is 11.3 Å². The number of likely N-dealkylation sites (N-methyl/N-ethyl adjacent to an activating group) is 1.